The molecule has 4 aliphatic carbocycles. The number of carbonyl (C=O) groups is 3. The number of ether oxygens (including phenoxy) is 2. The smallest absolute Gasteiger partial charge is 0.303 e. The molecule has 4 aliphatic rings. The van der Waals surface area contributed by atoms with Gasteiger partial charge in [0.2, 0.25) is 0 Å². The van der Waals surface area contributed by atoms with Gasteiger partial charge in [0.05, 0.1) is 0 Å². The summed E-state index contributed by atoms with van der Waals surface area (Å²) >= 11 is 0. The molecule has 4 rings (SSSR count). The largest absolute Gasteiger partial charge is 0.462 e. The van der Waals surface area contributed by atoms with Gasteiger partial charge in [0.15, 0.2) is 11.9 Å². The zero-order chi connectivity index (χ0) is 20.3. The fraction of sp³-hybridized carbons (Fsp3) is 0.783. The Balaban J connectivity index is 1.61. The monoisotopic (exact) mass is 388 g/mol. The van der Waals surface area contributed by atoms with Crippen molar-refractivity contribution in [2.24, 2.45) is 28.6 Å². The molecule has 0 aromatic heterocycles. The summed E-state index contributed by atoms with van der Waals surface area (Å²) < 4.78 is 11.1. The van der Waals surface area contributed by atoms with Gasteiger partial charge in [0.1, 0.15) is 6.10 Å². The highest BCUT2D eigenvalue weighted by Crippen LogP contribution is 2.65. The van der Waals surface area contributed by atoms with Gasteiger partial charge < -0.3 is 9.47 Å². The van der Waals surface area contributed by atoms with Crippen LogP contribution in [-0.2, 0) is 23.9 Å². The molecule has 0 bridgehead atoms. The number of ketones is 1. The van der Waals surface area contributed by atoms with E-state index in [0.29, 0.717) is 24.2 Å². The molecule has 3 saturated carbocycles. The second-order valence-electron chi connectivity index (χ2n) is 9.93. The van der Waals surface area contributed by atoms with Crippen LogP contribution in [0.3, 0.4) is 0 Å². The molecule has 154 valence electrons. The topological polar surface area (TPSA) is 69.7 Å². The van der Waals surface area contributed by atoms with E-state index in [9.17, 15) is 14.4 Å². The van der Waals surface area contributed by atoms with Crippen molar-refractivity contribution in [1.29, 1.82) is 0 Å². The predicted molar refractivity (Wildman–Crippen MR) is 103 cm³/mol. The molecule has 28 heavy (non-hydrogen) atoms. The van der Waals surface area contributed by atoms with Crippen molar-refractivity contribution >= 4 is 17.7 Å². The standard InChI is InChI=1S/C23H32O5/c1-13(24)27-20-12-23(4)15(11-19(20)26)5-6-16-17-7-8-21(28-14(2)25)22(17,3)10-9-18(16)23/h11,16-18,20-21H,5-10,12H2,1-4H3. The van der Waals surface area contributed by atoms with Crippen LogP contribution in [0.25, 0.3) is 0 Å². The molecule has 0 saturated heterocycles. The van der Waals surface area contributed by atoms with E-state index in [4.69, 9.17) is 9.47 Å². The third kappa shape index (κ3) is 2.93. The second kappa shape index (κ2) is 6.70. The van der Waals surface area contributed by atoms with Crippen molar-refractivity contribution in [3.63, 3.8) is 0 Å². The molecule has 0 radical (unpaired) electrons. The lowest BCUT2D eigenvalue weighted by atomic mass is 9.47. The van der Waals surface area contributed by atoms with Crippen LogP contribution in [0.1, 0.15) is 72.6 Å². The van der Waals surface area contributed by atoms with Gasteiger partial charge in [0, 0.05) is 25.7 Å². The number of fused-ring (bicyclic) bond motifs is 5. The van der Waals surface area contributed by atoms with Crippen molar-refractivity contribution < 1.29 is 23.9 Å². The molecular formula is C23H32O5. The summed E-state index contributed by atoms with van der Waals surface area (Å²) in [6.45, 7) is 7.47. The molecule has 7 atom stereocenters. The van der Waals surface area contributed by atoms with Gasteiger partial charge in [-0.25, -0.2) is 0 Å². The summed E-state index contributed by atoms with van der Waals surface area (Å²) in [6.07, 6.45) is 8.00. The van der Waals surface area contributed by atoms with Crippen molar-refractivity contribution in [2.45, 2.75) is 84.8 Å². The molecule has 0 amide bonds. The van der Waals surface area contributed by atoms with E-state index < -0.39 is 6.10 Å². The first-order valence-corrected chi connectivity index (χ1v) is 10.7. The van der Waals surface area contributed by atoms with Crippen molar-refractivity contribution in [2.75, 3.05) is 0 Å². The van der Waals surface area contributed by atoms with Crippen LogP contribution in [0, 0.1) is 28.6 Å². The number of carbonyl (C=O) groups excluding carboxylic acids is 3. The number of hydrogen-bond acceptors (Lipinski definition) is 5. The van der Waals surface area contributed by atoms with Gasteiger partial charge in [-0.05, 0) is 67.8 Å². The Morgan fingerprint density at radius 1 is 1.00 bits per heavy atom. The Bertz CT molecular complexity index is 739. The maximum atomic E-state index is 12.5. The zero-order valence-electron chi connectivity index (χ0n) is 17.5. The molecule has 0 spiro atoms. The molecule has 7 unspecified atom stereocenters. The van der Waals surface area contributed by atoms with Gasteiger partial charge in [-0.15, -0.1) is 0 Å². The molecular weight excluding hydrogens is 356 g/mol. The minimum Gasteiger partial charge on any atom is -0.462 e. The van der Waals surface area contributed by atoms with E-state index >= 15 is 0 Å². The Morgan fingerprint density at radius 2 is 1.71 bits per heavy atom. The normalized spacial score (nSPS) is 44.6. The van der Waals surface area contributed by atoms with E-state index in [0.717, 1.165) is 38.5 Å². The first-order chi connectivity index (χ1) is 13.1. The lowest BCUT2D eigenvalue weighted by Crippen LogP contribution is -2.53. The molecule has 0 heterocycles. The Morgan fingerprint density at radius 3 is 2.39 bits per heavy atom. The van der Waals surface area contributed by atoms with Crippen LogP contribution in [0.15, 0.2) is 11.6 Å². The zero-order valence-corrected chi connectivity index (χ0v) is 17.5. The number of rotatable bonds is 2. The fourth-order valence-corrected chi connectivity index (χ4v) is 7.24. The van der Waals surface area contributed by atoms with Gasteiger partial charge >= 0.3 is 11.9 Å². The molecule has 5 nitrogen and oxygen atoms in total. The second-order valence-corrected chi connectivity index (χ2v) is 9.93. The van der Waals surface area contributed by atoms with Crippen LogP contribution in [0.2, 0.25) is 0 Å². The predicted octanol–water partition coefficient (Wildman–Crippen LogP) is 3.99. The first-order valence-electron chi connectivity index (χ1n) is 10.7. The van der Waals surface area contributed by atoms with Crippen molar-refractivity contribution in [3.05, 3.63) is 11.6 Å². The Labute approximate surface area is 167 Å². The van der Waals surface area contributed by atoms with E-state index in [1.165, 1.54) is 19.4 Å². The highest BCUT2D eigenvalue weighted by atomic mass is 16.5. The summed E-state index contributed by atoms with van der Waals surface area (Å²) in [5.74, 6) is 1.00. The van der Waals surface area contributed by atoms with Crippen LogP contribution >= 0.6 is 0 Å². The molecule has 5 heteroatoms. The average Bonchev–Trinajstić information content (AvgIpc) is 2.92. The lowest BCUT2D eigenvalue weighted by Gasteiger charge is -2.58. The van der Waals surface area contributed by atoms with Gasteiger partial charge in [0.25, 0.3) is 0 Å². The lowest BCUT2D eigenvalue weighted by molar-refractivity contribution is -0.160. The minimum atomic E-state index is -0.643. The van der Waals surface area contributed by atoms with E-state index in [2.05, 4.69) is 13.8 Å². The maximum absolute atomic E-state index is 12.5. The summed E-state index contributed by atoms with van der Waals surface area (Å²) in [5.41, 5.74) is 1.22. The summed E-state index contributed by atoms with van der Waals surface area (Å²) in [6, 6.07) is 0. The number of hydrogen-bond donors (Lipinski definition) is 0. The first kappa shape index (κ1) is 19.7. The molecule has 0 aliphatic heterocycles. The molecule has 0 aromatic carbocycles. The third-order valence-electron chi connectivity index (χ3n) is 8.51. The molecule has 3 fully saturated rings. The van der Waals surface area contributed by atoms with E-state index in [1.807, 2.05) is 0 Å². The van der Waals surface area contributed by atoms with Crippen molar-refractivity contribution in [1.82, 2.24) is 0 Å². The average molecular weight is 389 g/mol. The highest BCUT2D eigenvalue weighted by molar-refractivity contribution is 5.96. The Hall–Kier alpha value is -1.65. The minimum absolute atomic E-state index is 0.0300. The summed E-state index contributed by atoms with van der Waals surface area (Å²) in [5, 5.41) is 0. The van der Waals surface area contributed by atoms with Crippen molar-refractivity contribution in [3.8, 4) is 0 Å². The fourth-order valence-electron chi connectivity index (χ4n) is 7.24. The maximum Gasteiger partial charge on any atom is 0.303 e. The van der Waals surface area contributed by atoms with Crippen LogP contribution in [-0.4, -0.2) is 29.9 Å². The molecule has 0 N–H and O–H groups in total. The number of esters is 2. The molecule has 0 aromatic rings. The SMILES string of the molecule is CC(=O)OC1CC2(C)C(=CC1=O)CCC1C2CCC2(C)C(OC(C)=O)CCC12. The van der Waals surface area contributed by atoms with Crippen LogP contribution < -0.4 is 0 Å². The van der Waals surface area contributed by atoms with E-state index in [-0.39, 0.29) is 34.7 Å². The highest BCUT2D eigenvalue weighted by Gasteiger charge is 2.60. The van der Waals surface area contributed by atoms with Gasteiger partial charge in [-0.3, -0.25) is 14.4 Å². The van der Waals surface area contributed by atoms with E-state index in [1.54, 1.807) is 6.08 Å². The summed E-state index contributed by atoms with van der Waals surface area (Å²) in [4.78, 5) is 35.5. The quantitative estimate of drug-likeness (QED) is 0.669. The summed E-state index contributed by atoms with van der Waals surface area (Å²) in [7, 11) is 0. The van der Waals surface area contributed by atoms with Crippen LogP contribution in [0.4, 0.5) is 0 Å². The van der Waals surface area contributed by atoms with Gasteiger partial charge in [-0.1, -0.05) is 19.4 Å². The van der Waals surface area contributed by atoms with Gasteiger partial charge in [-0.2, -0.15) is 0 Å². The third-order valence-corrected chi connectivity index (χ3v) is 8.51. The van der Waals surface area contributed by atoms with Crippen LogP contribution in [0.5, 0.6) is 0 Å². The Kier molecular flexibility index (Phi) is 4.71. The number of allylic oxidation sites excluding steroid dienone is 1.